The lowest BCUT2D eigenvalue weighted by Crippen LogP contribution is -2.40. The fraction of sp³-hybridized carbons (Fsp3) is 0.241. The quantitative estimate of drug-likeness (QED) is 0.352. The van der Waals surface area contributed by atoms with E-state index < -0.39 is 0 Å². The Morgan fingerprint density at radius 3 is 2.58 bits per heavy atom. The third-order valence-electron chi connectivity index (χ3n) is 6.63. The molecule has 1 N–H and O–H groups in total. The molecule has 1 fully saturated rings. The monoisotopic (exact) mass is 529 g/mol. The van der Waals surface area contributed by atoms with Crippen molar-refractivity contribution in [2.45, 2.75) is 25.7 Å². The number of amides is 2. The van der Waals surface area contributed by atoms with Crippen molar-refractivity contribution >= 4 is 29.1 Å². The summed E-state index contributed by atoms with van der Waals surface area (Å²) in [6.07, 6.45) is 6.75. The first-order valence-electron chi connectivity index (χ1n) is 12.5. The number of pyridine rings is 1. The van der Waals surface area contributed by atoms with Crippen LogP contribution in [0.15, 0.2) is 79.4 Å². The molecule has 2 aromatic heterocycles. The van der Waals surface area contributed by atoms with Crippen molar-refractivity contribution in [3.05, 3.63) is 101 Å². The van der Waals surface area contributed by atoms with Crippen LogP contribution in [0.1, 0.15) is 40.5 Å². The van der Waals surface area contributed by atoms with Gasteiger partial charge in [0.2, 0.25) is 0 Å². The van der Waals surface area contributed by atoms with Gasteiger partial charge >= 0.3 is 0 Å². The minimum absolute atomic E-state index is 0.0407. The van der Waals surface area contributed by atoms with Gasteiger partial charge in [0, 0.05) is 53.5 Å². The Balaban J connectivity index is 1.21. The average Bonchev–Trinajstić information content (AvgIpc) is 3.47. The number of benzene rings is 2. The number of hydrogen-bond donors (Lipinski definition) is 1. The summed E-state index contributed by atoms with van der Waals surface area (Å²) in [7, 11) is 0. The molecule has 1 saturated heterocycles. The van der Waals surface area contributed by atoms with Crippen LogP contribution < -0.4 is 10.1 Å². The first kappa shape index (κ1) is 25.5. The molecule has 0 saturated carbocycles. The maximum absolute atomic E-state index is 13.3. The second-order valence-electron chi connectivity index (χ2n) is 9.26. The number of aromatic nitrogens is 3. The molecule has 0 unspecified atom stereocenters. The van der Waals surface area contributed by atoms with E-state index in [0.717, 1.165) is 29.9 Å². The fourth-order valence-electron chi connectivity index (χ4n) is 4.60. The molecular formula is C29H28ClN5O3. The van der Waals surface area contributed by atoms with Crippen LogP contribution in [0.5, 0.6) is 5.75 Å². The van der Waals surface area contributed by atoms with Gasteiger partial charge in [0.1, 0.15) is 5.75 Å². The SMILES string of the molecule is Cc1ccc(C(=O)Nc2ccc(-n3ccnc3)cc2)c(C2CCN(C(=O)COc3cccc(Cl)c3)CC2)n1. The number of carbonyl (C=O) groups excluding carboxylic acids is 2. The van der Waals surface area contributed by atoms with Gasteiger partial charge in [0.15, 0.2) is 6.61 Å². The number of hydrogen-bond acceptors (Lipinski definition) is 5. The molecule has 9 heteroatoms. The van der Waals surface area contributed by atoms with Gasteiger partial charge in [-0.3, -0.25) is 14.6 Å². The standard InChI is InChI=1S/C29H28ClN5O3/c1-20-5-10-26(29(37)33-23-6-8-24(9-7-23)35-16-13-31-19-35)28(32-20)21-11-14-34(15-12-21)27(36)18-38-25-4-2-3-22(30)17-25/h2-10,13,16-17,19,21H,11-12,14-15,18H2,1H3,(H,33,37). The molecule has 2 amide bonds. The van der Waals surface area contributed by atoms with Crippen LogP contribution in [0.2, 0.25) is 5.02 Å². The Kier molecular flexibility index (Phi) is 7.70. The lowest BCUT2D eigenvalue weighted by molar-refractivity contribution is -0.134. The van der Waals surface area contributed by atoms with Gasteiger partial charge in [-0.15, -0.1) is 0 Å². The molecule has 0 radical (unpaired) electrons. The number of halogens is 1. The number of carbonyl (C=O) groups is 2. The van der Waals surface area contributed by atoms with Gasteiger partial charge < -0.3 is 19.5 Å². The molecule has 8 nitrogen and oxygen atoms in total. The topological polar surface area (TPSA) is 89.4 Å². The number of rotatable bonds is 7. The largest absolute Gasteiger partial charge is 0.484 e. The van der Waals surface area contributed by atoms with E-state index in [-0.39, 0.29) is 24.3 Å². The lowest BCUT2D eigenvalue weighted by atomic mass is 9.89. The predicted octanol–water partition coefficient (Wildman–Crippen LogP) is 5.27. The highest BCUT2D eigenvalue weighted by Crippen LogP contribution is 2.30. The Labute approximate surface area is 226 Å². The zero-order valence-corrected chi connectivity index (χ0v) is 21.8. The third-order valence-corrected chi connectivity index (χ3v) is 6.86. The molecule has 2 aromatic carbocycles. The molecule has 4 aromatic rings. The zero-order chi connectivity index (χ0) is 26.5. The van der Waals surface area contributed by atoms with Crippen LogP contribution in [0, 0.1) is 6.92 Å². The van der Waals surface area contributed by atoms with Gasteiger partial charge in [-0.05, 0) is 74.4 Å². The van der Waals surface area contributed by atoms with E-state index in [1.165, 1.54) is 0 Å². The van der Waals surface area contributed by atoms with Gasteiger partial charge in [0.05, 0.1) is 17.6 Å². The number of aryl methyl sites for hydroxylation is 1. The molecule has 5 rings (SSSR count). The van der Waals surface area contributed by atoms with E-state index in [0.29, 0.717) is 35.1 Å². The van der Waals surface area contributed by atoms with E-state index in [9.17, 15) is 9.59 Å². The fourth-order valence-corrected chi connectivity index (χ4v) is 4.78. The summed E-state index contributed by atoms with van der Waals surface area (Å²) in [5, 5.41) is 3.56. The summed E-state index contributed by atoms with van der Waals surface area (Å²) >= 11 is 5.99. The molecule has 38 heavy (non-hydrogen) atoms. The number of imidazole rings is 1. The van der Waals surface area contributed by atoms with E-state index in [2.05, 4.69) is 10.3 Å². The second-order valence-corrected chi connectivity index (χ2v) is 9.69. The van der Waals surface area contributed by atoms with Gasteiger partial charge in [-0.25, -0.2) is 4.98 Å². The third kappa shape index (κ3) is 6.03. The van der Waals surface area contributed by atoms with Crippen molar-refractivity contribution in [1.82, 2.24) is 19.4 Å². The smallest absolute Gasteiger partial charge is 0.260 e. The number of nitrogens with one attached hydrogen (secondary N) is 1. The predicted molar refractivity (Wildman–Crippen MR) is 146 cm³/mol. The van der Waals surface area contributed by atoms with Crippen molar-refractivity contribution in [3.8, 4) is 11.4 Å². The van der Waals surface area contributed by atoms with Crippen molar-refractivity contribution in [1.29, 1.82) is 0 Å². The van der Waals surface area contributed by atoms with Crippen LogP contribution in [0.25, 0.3) is 5.69 Å². The Hall–Kier alpha value is -4.17. The van der Waals surface area contributed by atoms with Crippen molar-refractivity contribution in [2.24, 2.45) is 0 Å². The Morgan fingerprint density at radius 2 is 1.87 bits per heavy atom. The van der Waals surface area contributed by atoms with Gasteiger partial charge in [0.25, 0.3) is 11.8 Å². The first-order chi connectivity index (χ1) is 18.5. The molecule has 1 aliphatic heterocycles. The summed E-state index contributed by atoms with van der Waals surface area (Å²) in [6, 6.07) is 18.3. The number of likely N-dealkylation sites (tertiary alicyclic amines) is 1. The Bertz CT molecular complexity index is 1410. The van der Waals surface area contributed by atoms with Gasteiger partial charge in [-0.2, -0.15) is 0 Å². The maximum Gasteiger partial charge on any atom is 0.260 e. The van der Waals surface area contributed by atoms with Gasteiger partial charge in [-0.1, -0.05) is 17.7 Å². The summed E-state index contributed by atoms with van der Waals surface area (Å²) in [4.78, 5) is 36.6. The van der Waals surface area contributed by atoms with Crippen molar-refractivity contribution < 1.29 is 14.3 Å². The lowest BCUT2D eigenvalue weighted by Gasteiger charge is -2.32. The van der Waals surface area contributed by atoms with Crippen molar-refractivity contribution in [3.63, 3.8) is 0 Å². The van der Waals surface area contributed by atoms with Crippen LogP contribution >= 0.6 is 11.6 Å². The van der Waals surface area contributed by atoms with Crippen molar-refractivity contribution in [2.75, 3.05) is 25.0 Å². The van der Waals surface area contributed by atoms with Crippen LogP contribution in [0.3, 0.4) is 0 Å². The number of nitrogens with zero attached hydrogens (tertiary/aromatic N) is 4. The Morgan fingerprint density at radius 1 is 1.08 bits per heavy atom. The molecular weight excluding hydrogens is 502 g/mol. The molecule has 0 bridgehead atoms. The molecule has 194 valence electrons. The minimum atomic E-state index is -0.198. The summed E-state index contributed by atoms with van der Waals surface area (Å²) in [5.41, 5.74) is 3.85. The second kappa shape index (κ2) is 11.5. The molecule has 1 aliphatic rings. The van der Waals surface area contributed by atoms with Crippen LogP contribution in [-0.2, 0) is 4.79 Å². The molecule has 0 atom stereocenters. The first-order valence-corrected chi connectivity index (χ1v) is 12.9. The summed E-state index contributed by atoms with van der Waals surface area (Å²) in [5.74, 6) is 0.378. The van der Waals surface area contributed by atoms with E-state index >= 15 is 0 Å². The summed E-state index contributed by atoms with van der Waals surface area (Å²) in [6.45, 7) is 3.04. The molecule has 0 spiro atoms. The highest BCUT2D eigenvalue weighted by Gasteiger charge is 2.28. The van der Waals surface area contributed by atoms with E-state index in [1.807, 2.05) is 54.1 Å². The normalized spacial score (nSPS) is 13.8. The zero-order valence-electron chi connectivity index (χ0n) is 21.0. The average molecular weight is 530 g/mol. The van der Waals surface area contributed by atoms with E-state index in [1.54, 1.807) is 41.7 Å². The highest BCUT2D eigenvalue weighted by molar-refractivity contribution is 6.30. The number of anilines is 1. The van der Waals surface area contributed by atoms with Crippen LogP contribution in [-0.4, -0.2) is 50.9 Å². The maximum atomic E-state index is 13.3. The van der Waals surface area contributed by atoms with Crippen LogP contribution in [0.4, 0.5) is 5.69 Å². The molecule has 3 heterocycles. The highest BCUT2D eigenvalue weighted by atomic mass is 35.5. The summed E-state index contributed by atoms with van der Waals surface area (Å²) < 4.78 is 7.52. The van der Waals surface area contributed by atoms with E-state index in [4.69, 9.17) is 21.3 Å². The number of piperidine rings is 1. The molecule has 0 aliphatic carbocycles. The number of ether oxygens (including phenoxy) is 1. The minimum Gasteiger partial charge on any atom is -0.484 e.